The summed E-state index contributed by atoms with van der Waals surface area (Å²) in [7, 11) is 3.35. The molecule has 0 aliphatic heterocycles. The predicted molar refractivity (Wildman–Crippen MR) is 99.8 cm³/mol. The maximum absolute atomic E-state index is 13.5. The standard InChI is InChI=1S/C20H20FN3O2/c1-12-16(17-10-14(21)7-8-18(17)22-12)11-19(25)23-15-6-4-5-13(9-15)20(26)24(2)3/h4-10,22H,11H2,1-3H3,(H,23,25). The van der Waals surface area contributed by atoms with Crippen LogP contribution in [0.2, 0.25) is 0 Å². The van der Waals surface area contributed by atoms with Crippen LogP contribution in [0.15, 0.2) is 42.5 Å². The molecule has 0 bridgehead atoms. The normalized spacial score (nSPS) is 10.8. The van der Waals surface area contributed by atoms with Crippen molar-refractivity contribution in [1.29, 1.82) is 0 Å². The zero-order chi connectivity index (χ0) is 18.8. The van der Waals surface area contributed by atoms with Crippen LogP contribution in [0, 0.1) is 12.7 Å². The lowest BCUT2D eigenvalue weighted by molar-refractivity contribution is -0.115. The van der Waals surface area contributed by atoms with Gasteiger partial charge in [-0.25, -0.2) is 4.39 Å². The number of hydrogen-bond donors (Lipinski definition) is 2. The highest BCUT2D eigenvalue weighted by molar-refractivity contribution is 5.99. The van der Waals surface area contributed by atoms with Crippen LogP contribution in [-0.4, -0.2) is 35.8 Å². The van der Waals surface area contributed by atoms with Crippen molar-refractivity contribution in [2.45, 2.75) is 13.3 Å². The van der Waals surface area contributed by atoms with Crippen LogP contribution in [0.25, 0.3) is 10.9 Å². The topological polar surface area (TPSA) is 65.2 Å². The summed E-state index contributed by atoms with van der Waals surface area (Å²) in [6.45, 7) is 1.86. The first-order valence-electron chi connectivity index (χ1n) is 8.23. The molecule has 3 rings (SSSR count). The van der Waals surface area contributed by atoms with Crippen LogP contribution in [-0.2, 0) is 11.2 Å². The third kappa shape index (κ3) is 3.59. The number of nitrogens with zero attached hydrogens (tertiary/aromatic N) is 1. The third-order valence-corrected chi connectivity index (χ3v) is 4.22. The Morgan fingerprint density at radius 2 is 1.92 bits per heavy atom. The second-order valence-corrected chi connectivity index (χ2v) is 6.42. The Bertz CT molecular complexity index is 992. The molecule has 0 saturated carbocycles. The molecule has 1 heterocycles. The third-order valence-electron chi connectivity index (χ3n) is 4.22. The van der Waals surface area contributed by atoms with Gasteiger partial charge in [-0.15, -0.1) is 0 Å². The first kappa shape index (κ1) is 17.7. The van der Waals surface area contributed by atoms with E-state index in [1.165, 1.54) is 17.0 Å². The number of aromatic amines is 1. The monoisotopic (exact) mass is 353 g/mol. The van der Waals surface area contributed by atoms with Crippen molar-refractivity contribution in [2.75, 3.05) is 19.4 Å². The molecule has 0 radical (unpaired) electrons. The summed E-state index contributed by atoms with van der Waals surface area (Å²) in [6.07, 6.45) is 0.112. The Kier molecular flexibility index (Phi) is 4.75. The summed E-state index contributed by atoms with van der Waals surface area (Å²) in [6, 6.07) is 11.3. The van der Waals surface area contributed by atoms with Gasteiger partial charge < -0.3 is 15.2 Å². The Morgan fingerprint density at radius 1 is 1.15 bits per heavy atom. The minimum atomic E-state index is -0.340. The van der Waals surface area contributed by atoms with Gasteiger partial charge in [-0.2, -0.15) is 0 Å². The molecule has 0 aliphatic rings. The maximum atomic E-state index is 13.5. The average Bonchev–Trinajstić information content (AvgIpc) is 2.89. The highest BCUT2D eigenvalue weighted by Crippen LogP contribution is 2.24. The average molecular weight is 353 g/mol. The van der Waals surface area contributed by atoms with Crippen molar-refractivity contribution in [2.24, 2.45) is 0 Å². The lowest BCUT2D eigenvalue weighted by Gasteiger charge is -2.12. The quantitative estimate of drug-likeness (QED) is 0.754. The van der Waals surface area contributed by atoms with Crippen molar-refractivity contribution in [3.8, 4) is 0 Å². The first-order chi connectivity index (χ1) is 12.3. The van der Waals surface area contributed by atoms with Gasteiger partial charge in [0.15, 0.2) is 0 Å². The van der Waals surface area contributed by atoms with E-state index in [-0.39, 0.29) is 24.1 Å². The fourth-order valence-electron chi connectivity index (χ4n) is 2.94. The van der Waals surface area contributed by atoms with Crippen LogP contribution >= 0.6 is 0 Å². The van der Waals surface area contributed by atoms with E-state index in [1.54, 1.807) is 44.4 Å². The largest absolute Gasteiger partial charge is 0.358 e. The second-order valence-electron chi connectivity index (χ2n) is 6.42. The molecular formula is C20H20FN3O2. The molecule has 5 nitrogen and oxygen atoms in total. The zero-order valence-electron chi connectivity index (χ0n) is 14.9. The number of aromatic nitrogens is 1. The molecule has 0 saturated heterocycles. The summed E-state index contributed by atoms with van der Waals surface area (Å²) >= 11 is 0. The molecule has 3 aromatic rings. The summed E-state index contributed by atoms with van der Waals surface area (Å²) in [5.41, 5.74) is 3.43. The van der Waals surface area contributed by atoms with Crippen LogP contribution in [0.1, 0.15) is 21.6 Å². The number of carbonyl (C=O) groups excluding carboxylic acids is 2. The molecule has 26 heavy (non-hydrogen) atoms. The van der Waals surface area contributed by atoms with E-state index in [9.17, 15) is 14.0 Å². The van der Waals surface area contributed by atoms with E-state index >= 15 is 0 Å². The predicted octanol–water partition coefficient (Wildman–Crippen LogP) is 3.50. The van der Waals surface area contributed by atoms with Gasteiger partial charge in [0.1, 0.15) is 5.82 Å². The van der Waals surface area contributed by atoms with Crippen molar-refractivity contribution < 1.29 is 14.0 Å². The van der Waals surface area contributed by atoms with Crippen LogP contribution < -0.4 is 5.32 Å². The number of fused-ring (bicyclic) bond motifs is 1. The first-order valence-corrected chi connectivity index (χ1v) is 8.23. The van der Waals surface area contributed by atoms with Gasteiger partial charge in [-0.05, 0) is 48.9 Å². The minimum Gasteiger partial charge on any atom is -0.358 e. The number of nitrogens with one attached hydrogen (secondary N) is 2. The van der Waals surface area contributed by atoms with Crippen LogP contribution in [0.3, 0.4) is 0 Å². The highest BCUT2D eigenvalue weighted by Gasteiger charge is 2.14. The van der Waals surface area contributed by atoms with Crippen molar-refractivity contribution in [1.82, 2.24) is 9.88 Å². The van der Waals surface area contributed by atoms with Crippen molar-refractivity contribution in [3.05, 3.63) is 65.1 Å². The van der Waals surface area contributed by atoms with Gasteiger partial charge >= 0.3 is 0 Å². The number of carbonyl (C=O) groups is 2. The van der Waals surface area contributed by atoms with Gasteiger partial charge in [0.25, 0.3) is 5.91 Å². The van der Waals surface area contributed by atoms with Gasteiger partial charge in [0.2, 0.25) is 5.91 Å². The smallest absolute Gasteiger partial charge is 0.253 e. The molecule has 2 N–H and O–H groups in total. The number of hydrogen-bond acceptors (Lipinski definition) is 2. The molecule has 0 unspecified atom stereocenters. The van der Waals surface area contributed by atoms with E-state index in [2.05, 4.69) is 10.3 Å². The SMILES string of the molecule is Cc1[nH]c2ccc(F)cc2c1CC(=O)Nc1cccc(C(=O)N(C)C)c1. The van der Waals surface area contributed by atoms with E-state index in [4.69, 9.17) is 0 Å². The molecule has 1 aromatic heterocycles. The molecule has 0 atom stereocenters. The van der Waals surface area contributed by atoms with Gasteiger partial charge in [-0.1, -0.05) is 6.07 Å². The number of benzene rings is 2. The number of H-pyrrole nitrogens is 1. The molecular weight excluding hydrogens is 333 g/mol. The highest BCUT2D eigenvalue weighted by atomic mass is 19.1. The number of aryl methyl sites for hydroxylation is 1. The summed E-state index contributed by atoms with van der Waals surface area (Å²) in [5.74, 6) is -0.704. The van der Waals surface area contributed by atoms with Crippen molar-refractivity contribution in [3.63, 3.8) is 0 Å². The zero-order valence-corrected chi connectivity index (χ0v) is 14.9. The van der Waals surface area contributed by atoms with Gasteiger partial charge in [0, 0.05) is 41.9 Å². The molecule has 0 spiro atoms. The maximum Gasteiger partial charge on any atom is 0.253 e. The van der Waals surface area contributed by atoms with Gasteiger partial charge in [0.05, 0.1) is 6.42 Å². The summed E-state index contributed by atoms with van der Waals surface area (Å²) < 4.78 is 13.5. The lowest BCUT2D eigenvalue weighted by atomic mass is 10.1. The number of anilines is 1. The summed E-state index contributed by atoms with van der Waals surface area (Å²) in [4.78, 5) is 29.1. The number of amides is 2. The molecule has 0 fully saturated rings. The fraction of sp³-hybridized carbons (Fsp3) is 0.200. The molecule has 2 aromatic carbocycles. The second kappa shape index (κ2) is 7.00. The molecule has 6 heteroatoms. The van der Waals surface area contributed by atoms with E-state index in [1.807, 2.05) is 6.92 Å². The number of rotatable bonds is 4. The minimum absolute atomic E-state index is 0.112. The molecule has 134 valence electrons. The number of halogens is 1. The lowest BCUT2D eigenvalue weighted by Crippen LogP contribution is -2.22. The van der Waals surface area contributed by atoms with Crippen molar-refractivity contribution >= 4 is 28.4 Å². The Balaban J connectivity index is 1.80. The Morgan fingerprint density at radius 3 is 2.65 bits per heavy atom. The Labute approximate surface area is 150 Å². The molecule has 0 aliphatic carbocycles. The van der Waals surface area contributed by atoms with Gasteiger partial charge in [-0.3, -0.25) is 9.59 Å². The fourth-order valence-corrected chi connectivity index (χ4v) is 2.94. The van der Waals surface area contributed by atoms with E-state index in [0.29, 0.717) is 16.6 Å². The van der Waals surface area contributed by atoms with Crippen LogP contribution in [0.4, 0.5) is 10.1 Å². The van der Waals surface area contributed by atoms with Crippen LogP contribution in [0.5, 0.6) is 0 Å². The van der Waals surface area contributed by atoms with E-state index < -0.39 is 0 Å². The molecule has 2 amide bonds. The summed E-state index contributed by atoms with van der Waals surface area (Å²) in [5, 5.41) is 3.51. The van der Waals surface area contributed by atoms with E-state index in [0.717, 1.165) is 16.8 Å². The Hall–Kier alpha value is -3.15.